The molecule has 0 aromatic carbocycles. The Bertz CT molecular complexity index is 280. The molecule has 19 heavy (non-hydrogen) atoms. The largest absolute Gasteiger partial charge is 0.311 e. The predicted octanol–water partition coefficient (Wildman–Crippen LogP) is 3.85. The van der Waals surface area contributed by atoms with Crippen LogP contribution in [-0.4, -0.2) is 23.2 Å². The minimum atomic E-state index is 0.260. The molecule has 1 aliphatic heterocycles. The molecule has 1 saturated heterocycles. The Balaban J connectivity index is 1.97. The number of hydrogen-bond acceptors (Lipinski definition) is 2. The highest BCUT2D eigenvalue weighted by atomic mass is 15.1. The molecule has 2 rings (SSSR count). The highest BCUT2D eigenvalue weighted by Gasteiger charge is 2.39. The van der Waals surface area contributed by atoms with E-state index in [4.69, 9.17) is 0 Å². The van der Waals surface area contributed by atoms with Crippen LogP contribution in [0.3, 0.4) is 0 Å². The molecule has 2 heteroatoms. The summed E-state index contributed by atoms with van der Waals surface area (Å²) < 4.78 is 0. The first-order chi connectivity index (χ1) is 8.81. The van der Waals surface area contributed by atoms with Crippen molar-refractivity contribution in [3.63, 3.8) is 0 Å². The van der Waals surface area contributed by atoms with E-state index in [1.807, 2.05) is 0 Å². The summed E-state index contributed by atoms with van der Waals surface area (Å²) >= 11 is 0. The first kappa shape index (κ1) is 15.3. The molecule has 2 aliphatic rings. The third-order valence-electron chi connectivity index (χ3n) is 5.07. The van der Waals surface area contributed by atoms with Crippen LogP contribution in [0.1, 0.15) is 79.6 Å². The van der Waals surface area contributed by atoms with Crippen LogP contribution in [0.4, 0.5) is 0 Å². The fraction of sp³-hybridized carbons (Fsp3) is 1.00. The molecule has 1 aliphatic carbocycles. The average molecular weight is 266 g/mol. The summed E-state index contributed by atoms with van der Waals surface area (Å²) in [5.41, 5.74) is 0.519. The van der Waals surface area contributed by atoms with Crippen LogP contribution < -0.4 is 10.6 Å². The standard InChI is InChI=1S/C17H34N2/c1-6-13-9-7-8-10-15(13)18-14-11-16(2,3)19-17(4,5)12-14/h13-15,18-19H,6-12H2,1-5H3. The van der Waals surface area contributed by atoms with Crippen LogP contribution in [0.2, 0.25) is 0 Å². The van der Waals surface area contributed by atoms with Gasteiger partial charge < -0.3 is 10.6 Å². The smallest absolute Gasteiger partial charge is 0.0144 e. The van der Waals surface area contributed by atoms with Crippen molar-refractivity contribution in [2.45, 2.75) is 103 Å². The van der Waals surface area contributed by atoms with Crippen molar-refractivity contribution in [2.24, 2.45) is 5.92 Å². The Morgan fingerprint density at radius 3 is 2.16 bits per heavy atom. The summed E-state index contributed by atoms with van der Waals surface area (Å²) in [6, 6.07) is 1.46. The summed E-state index contributed by atoms with van der Waals surface area (Å²) in [7, 11) is 0. The lowest BCUT2D eigenvalue weighted by atomic mass is 9.77. The van der Waals surface area contributed by atoms with E-state index in [0.29, 0.717) is 6.04 Å². The van der Waals surface area contributed by atoms with Crippen molar-refractivity contribution < 1.29 is 0 Å². The van der Waals surface area contributed by atoms with E-state index in [0.717, 1.165) is 12.0 Å². The van der Waals surface area contributed by atoms with Gasteiger partial charge in [-0.25, -0.2) is 0 Å². The molecule has 1 saturated carbocycles. The molecule has 0 aromatic heterocycles. The summed E-state index contributed by atoms with van der Waals surface area (Å²) in [4.78, 5) is 0. The molecule has 0 bridgehead atoms. The molecule has 2 unspecified atom stereocenters. The van der Waals surface area contributed by atoms with Gasteiger partial charge in [0.1, 0.15) is 0 Å². The quantitative estimate of drug-likeness (QED) is 0.810. The van der Waals surface area contributed by atoms with Gasteiger partial charge in [0.2, 0.25) is 0 Å². The number of nitrogens with one attached hydrogen (secondary N) is 2. The lowest BCUT2D eigenvalue weighted by Gasteiger charge is -2.48. The molecule has 112 valence electrons. The van der Waals surface area contributed by atoms with E-state index in [2.05, 4.69) is 45.3 Å². The summed E-state index contributed by atoms with van der Waals surface area (Å²) in [5.74, 6) is 0.912. The van der Waals surface area contributed by atoms with Crippen LogP contribution in [0.5, 0.6) is 0 Å². The van der Waals surface area contributed by atoms with E-state index < -0.39 is 0 Å². The number of rotatable bonds is 3. The van der Waals surface area contributed by atoms with Crippen LogP contribution in [-0.2, 0) is 0 Å². The minimum Gasteiger partial charge on any atom is -0.311 e. The third kappa shape index (κ3) is 4.19. The maximum atomic E-state index is 4.03. The fourth-order valence-electron chi connectivity index (χ4n) is 4.66. The normalized spacial score (nSPS) is 35.2. The predicted molar refractivity (Wildman–Crippen MR) is 83.5 cm³/mol. The van der Waals surface area contributed by atoms with Crippen molar-refractivity contribution in [3.8, 4) is 0 Å². The second-order valence-electron chi connectivity index (χ2n) is 8.22. The molecule has 2 N–H and O–H groups in total. The van der Waals surface area contributed by atoms with Gasteiger partial charge in [-0.1, -0.05) is 26.2 Å². The molecule has 2 fully saturated rings. The topological polar surface area (TPSA) is 24.1 Å². The summed E-state index contributed by atoms with van der Waals surface area (Å²) in [6.45, 7) is 11.8. The zero-order chi connectivity index (χ0) is 14.1. The monoisotopic (exact) mass is 266 g/mol. The second kappa shape index (κ2) is 5.73. The SMILES string of the molecule is CCC1CCCCC1NC1CC(C)(C)NC(C)(C)C1. The maximum Gasteiger partial charge on any atom is 0.0144 e. The van der Waals surface area contributed by atoms with E-state index in [-0.39, 0.29) is 11.1 Å². The molecule has 0 aromatic rings. The zero-order valence-electron chi connectivity index (χ0n) is 13.7. The van der Waals surface area contributed by atoms with Crippen LogP contribution in [0, 0.1) is 5.92 Å². The highest BCUT2D eigenvalue weighted by Crippen LogP contribution is 2.32. The van der Waals surface area contributed by atoms with Crippen molar-refractivity contribution in [3.05, 3.63) is 0 Å². The van der Waals surface area contributed by atoms with E-state index >= 15 is 0 Å². The number of piperidine rings is 1. The van der Waals surface area contributed by atoms with Gasteiger partial charge in [0, 0.05) is 23.2 Å². The van der Waals surface area contributed by atoms with Gasteiger partial charge >= 0.3 is 0 Å². The van der Waals surface area contributed by atoms with Gasteiger partial charge in [-0.2, -0.15) is 0 Å². The summed E-state index contributed by atoms with van der Waals surface area (Å²) in [5, 5.41) is 7.81. The third-order valence-corrected chi connectivity index (χ3v) is 5.07. The molecule has 2 atom stereocenters. The van der Waals surface area contributed by atoms with E-state index in [9.17, 15) is 0 Å². The second-order valence-corrected chi connectivity index (χ2v) is 8.22. The minimum absolute atomic E-state index is 0.260. The highest BCUT2D eigenvalue weighted by molar-refractivity contribution is 5.00. The van der Waals surface area contributed by atoms with Crippen molar-refractivity contribution in [1.29, 1.82) is 0 Å². The Hall–Kier alpha value is -0.0800. The van der Waals surface area contributed by atoms with Crippen LogP contribution >= 0.6 is 0 Å². The molecule has 0 amide bonds. The fourth-order valence-corrected chi connectivity index (χ4v) is 4.66. The van der Waals surface area contributed by atoms with Gasteiger partial charge in [0.05, 0.1) is 0 Å². The lowest BCUT2D eigenvalue weighted by Crippen LogP contribution is -2.63. The Kier molecular flexibility index (Phi) is 4.62. The Labute approximate surface area is 120 Å². The zero-order valence-corrected chi connectivity index (χ0v) is 13.7. The molecular weight excluding hydrogens is 232 g/mol. The van der Waals surface area contributed by atoms with Gasteiger partial charge in [-0.15, -0.1) is 0 Å². The lowest BCUT2D eigenvalue weighted by molar-refractivity contribution is 0.123. The summed E-state index contributed by atoms with van der Waals surface area (Å²) in [6.07, 6.45) is 9.54. The average Bonchev–Trinajstić information content (AvgIpc) is 2.25. The number of hydrogen-bond donors (Lipinski definition) is 2. The first-order valence-electron chi connectivity index (χ1n) is 8.37. The van der Waals surface area contributed by atoms with Crippen LogP contribution in [0.25, 0.3) is 0 Å². The Morgan fingerprint density at radius 2 is 1.58 bits per heavy atom. The molecule has 0 radical (unpaired) electrons. The Morgan fingerprint density at radius 1 is 1.00 bits per heavy atom. The van der Waals surface area contributed by atoms with Crippen molar-refractivity contribution in [2.75, 3.05) is 0 Å². The maximum absolute atomic E-state index is 4.03. The van der Waals surface area contributed by atoms with Gasteiger partial charge in [0.25, 0.3) is 0 Å². The first-order valence-corrected chi connectivity index (χ1v) is 8.37. The van der Waals surface area contributed by atoms with Crippen molar-refractivity contribution in [1.82, 2.24) is 10.6 Å². The van der Waals surface area contributed by atoms with Gasteiger partial charge in [-0.3, -0.25) is 0 Å². The van der Waals surface area contributed by atoms with E-state index in [1.54, 1.807) is 0 Å². The van der Waals surface area contributed by atoms with Gasteiger partial charge in [-0.05, 0) is 59.3 Å². The van der Waals surface area contributed by atoms with Gasteiger partial charge in [0.15, 0.2) is 0 Å². The van der Waals surface area contributed by atoms with E-state index in [1.165, 1.54) is 44.9 Å². The molecule has 1 heterocycles. The van der Waals surface area contributed by atoms with Crippen molar-refractivity contribution >= 4 is 0 Å². The molecule has 0 spiro atoms. The molecular formula is C17H34N2. The molecule has 2 nitrogen and oxygen atoms in total. The van der Waals surface area contributed by atoms with Crippen LogP contribution in [0.15, 0.2) is 0 Å².